The molecule has 1 aliphatic heterocycles. The van der Waals surface area contributed by atoms with E-state index in [4.69, 9.17) is 11.5 Å². The normalized spacial score (nSPS) is 20.9. The zero-order valence-electron chi connectivity index (χ0n) is 16.1. The van der Waals surface area contributed by atoms with Crippen LogP contribution in [0, 0.1) is 0 Å². The van der Waals surface area contributed by atoms with Crippen LogP contribution in [0.5, 0.6) is 0 Å². The van der Waals surface area contributed by atoms with Crippen molar-refractivity contribution < 1.29 is 22.8 Å². The Bertz CT molecular complexity index is 907. The van der Waals surface area contributed by atoms with Gasteiger partial charge < -0.3 is 16.8 Å². The molecule has 0 aliphatic carbocycles. The number of aliphatic imine (C=N–C) groups is 2. The SMILES string of the molecule is CCN1C(=O)C(NC(=O)/C(N)=C/C=N/C(F)(F)F)C/C(=C/N)C1=Nc1ccccc1. The van der Waals surface area contributed by atoms with Gasteiger partial charge in [-0.15, -0.1) is 13.2 Å². The number of benzene rings is 1. The number of hydrogen-bond donors (Lipinski definition) is 3. The monoisotopic (exact) mass is 422 g/mol. The number of carbonyl (C=O) groups is 2. The number of nitrogens with zero attached hydrogens (tertiary/aromatic N) is 3. The van der Waals surface area contributed by atoms with E-state index >= 15 is 0 Å². The summed E-state index contributed by atoms with van der Waals surface area (Å²) in [5.41, 5.74) is 11.8. The van der Waals surface area contributed by atoms with E-state index in [9.17, 15) is 22.8 Å². The van der Waals surface area contributed by atoms with Gasteiger partial charge in [-0.1, -0.05) is 18.2 Å². The lowest BCUT2D eigenvalue weighted by molar-refractivity contribution is -0.132. The quantitative estimate of drug-likeness (QED) is 0.379. The van der Waals surface area contributed by atoms with Crippen molar-refractivity contribution in [1.29, 1.82) is 0 Å². The molecule has 2 rings (SSSR count). The number of amides is 2. The third-order valence-corrected chi connectivity index (χ3v) is 4.08. The van der Waals surface area contributed by atoms with E-state index < -0.39 is 29.9 Å². The van der Waals surface area contributed by atoms with Crippen LogP contribution in [-0.2, 0) is 9.59 Å². The Kier molecular flexibility index (Phi) is 7.34. The maximum Gasteiger partial charge on any atom is 0.503 e. The van der Waals surface area contributed by atoms with E-state index in [0.29, 0.717) is 29.4 Å². The molecule has 30 heavy (non-hydrogen) atoms. The first kappa shape index (κ1) is 22.7. The number of piperidine rings is 1. The lowest BCUT2D eigenvalue weighted by Crippen LogP contribution is -2.55. The number of para-hydroxylation sites is 1. The van der Waals surface area contributed by atoms with Gasteiger partial charge in [-0.05, 0) is 25.1 Å². The summed E-state index contributed by atoms with van der Waals surface area (Å²) >= 11 is 0. The van der Waals surface area contributed by atoms with Crippen LogP contribution in [0.1, 0.15) is 13.3 Å². The molecule has 2 amide bonds. The number of likely N-dealkylation sites (N-methyl/N-ethyl adjacent to an activating group) is 1. The average Bonchev–Trinajstić information content (AvgIpc) is 2.69. The summed E-state index contributed by atoms with van der Waals surface area (Å²) in [6, 6.07) is 7.95. The van der Waals surface area contributed by atoms with Gasteiger partial charge in [0.05, 0.1) is 11.4 Å². The summed E-state index contributed by atoms with van der Waals surface area (Å²) in [5.74, 6) is -0.983. The van der Waals surface area contributed by atoms with E-state index in [0.717, 1.165) is 0 Å². The van der Waals surface area contributed by atoms with Gasteiger partial charge in [0.1, 0.15) is 11.9 Å². The Hall–Kier alpha value is -3.63. The highest BCUT2D eigenvalue weighted by atomic mass is 19.4. The number of likely N-dealkylation sites (tertiary alicyclic amines) is 1. The standard InChI is InChI=1S/C19H21F3N6O2/c1-2-28-16(26-13-6-4-3-5-7-13)12(11-23)10-15(18(28)30)27-17(29)14(24)8-9-25-19(20,21)22/h3-9,11,15H,2,10,23-24H2,1H3,(H,27,29)/b12-11-,14-8-,25-9+,26-16?. The van der Waals surface area contributed by atoms with Crippen molar-refractivity contribution >= 4 is 29.6 Å². The summed E-state index contributed by atoms with van der Waals surface area (Å²) in [6.07, 6.45) is -2.36. The first-order chi connectivity index (χ1) is 14.2. The van der Waals surface area contributed by atoms with E-state index in [-0.39, 0.29) is 13.0 Å². The van der Waals surface area contributed by atoms with Gasteiger partial charge in [-0.3, -0.25) is 14.5 Å². The lowest BCUT2D eigenvalue weighted by atomic mass is 9.98. The summed E-state index contributed by atoms with van der Waals surface area (Å²) in [5, 5.41) is 2.41. The minimum absolute atomic E-state index is 0.0488. The first-order valence-corrected chi connectivity index (χ1v) is 8.91. The molecule has 11 heteroatoms. The number of allylic oxidation sites excluding steroid dienone is 1. The molecule has 1 heterocycles. The molecule has 1 atom stereocenters. The van der Waals surface area contributed by atoms with E-state index in [1.54, 1.807) is 31.2 Å². The van der Waals surface area contributed by atoms with Crippen molar-refractivity contribution in [2.24, 2.45) is 21.5 Å². The van der Waals surface area contributed by atoms with Crippen LogP contribution in [0.25, 0.3) is 0 Å². The van der Waals surface area contributed by atoms with E-state index in [1.165, 1.54) is 11.1 Å². The molecule has 1 saturated heterocycles. The molecular weight excluding hydrogens is 401 g/mol. The zero-order valence-corrected chi connectivity index (χ0v) is 16.1. The van der Waals surface area contributed by atoms with Crippen molar-refractivity contribution in [1.82, 2.24) is 10.2 Å². The molecular formula is C19H21F3N6O2. The Labute approximate surface area is 170 Å². The zero-order chi connectivity index (χ0) is 22.3. The van der Waals surface area contributed by atoms with Crippen LogP contribution >= 0.6 is 0 Å². The number of nitrogens with one attached hydrogen (secondary N) is 1. The van der Waals surface area contributed by atoms with Gasteiger partial charge in [0.15, 0.2) is 0 Å². The number of carbonyl (C=O) groups excluding carboxylic acids is 2. The largest absolute Gasteiger partial charge is 0.503 e. The van der Waals surface area contributed by atoms with Gasteiger partial charge in [0, 0.05) is 31.0 Å². The number of hydrogen-bond acceptors (Lipinski definition) is 6. The maximum atomic E-state index is 12.8. The number of rotatable bonds is 5. The molecule has 0 bridgehead atoms. The fourth-order valence-corrected chi connectivity index (χ4v) is 2.70. The van der Waals surface area contributed by atoms with Gasteiger partial charge in [-0.25, -0.2) is 4.99 Å². The first-order valence-electron chi connectivity index (χ1n) is 8.91. The number of halogens is 3. The average molecular weight is 422 g/mol. The summed E-state index contributed by atoms with van der Waals surface area (Å²) in [4.78, 5) is 33.1. The van der Waals surface area contributed by atoms with Gasteiger partial charge >= 0.3 is 6.30 Å². The van der Waals surface area contributed by atoms with Crippen LogP contribution < -0.4 is 16.8 Å². The Morgan fingerprint density at radius 1 is 1.33 bits per heavy atom. The molecule has 160 valence electrons. The van der Waals surface area contributed by atoms with Crippen molar-refractivity contribution in [2.75, 3.05) is 6.54 Å². The Balaban J connectivity index is 2.22. The van der Waals surface area contributed by atoms with Crippen LogP contribution in [0.3, 0.4) is 0 Å². The number of amidine groups is 1. The minimum atomic E-state index is -4.77. The smallest absolute Gasteiger partial charge is 0.404 e. The second-order valence-corrected chi connectivity index (χ2v) is 6.14. The molecule has 1 fully saturated rings. The van der Waals surface area contributed by atoms with Crippen LogP contribution in [-0.4, -0.2) is 47.7 Å². The highest BCUT2D eigenvalue weighted by molar-refractivity contribution is 6.13. The molecule has 8 nitrogen and oxygen atoms in total. The van der Waals surface area contributed by atoms with Crippen molar-refractivity contribution in [3.63, 3.8) is 0 Å². The fourth-order valence-electron chi connectivity index (χ4n) is 2.70. The van der Waals surface area contributed by atoms with Crippen LogP contribution in [0.15, 0.2) is 63.9 Å². The predicted molar refractivity (Wildman–Crippen MR) is 107 cm³/mol. The molecule has 5 N–H and O–H groups in total. The van der Waals surface area contributed by atoms with Gasteiger partial charge in [0.25, 0.3) is 11.8 Å². The molecule has 1 unspecified atom stereocenters. The molecule has 0 saturated carbocycles. The van der Waals surface area contributed by atoms with Gasteiger partial charge in [-0.2, -0.15) is 4.99 Å². The van der Waals surface area contributed by atoms with Crippen LogP contribution in [0.2, 0.25) is 0 Å². The second kappa shape index (κ2) is 9.72. The molecule has 0 spiro atoms. The summed E-state index contributed by atoms with van der Waals surface area (Å²) in [6.45, 7) is 2.00. The van der Waals surface area contributed by atoms with Crippen molar-refractivity contribution in [3.05, 3.63) is 53.9 Å². The molecule has 1 aliphatic rings. The third kappa shape index (κ3) is 5.93. The lowest BCUT2D eigenvalue weighted by Gasteiger charge is -2.34. The van der Waals surface area contributed by atoms with Gasteiger partial charge in [0.2, 0.25) is 0 Å². The minimum Gasteiger partial charge on any atom is -0.404 e. The van der Waals surface area contributed by atoms with E-state index in [1.807, 2.05) is 6.07 Å². The fraction of sp³-hybridized carbons (Fsp3) is 0.263. The van der Waals surface area contributed by atoms with Crippen molar-refractivity contribution in [2.45, 2.75) is 25.7 Å². The number of alkyl halides is 3. The summed E-state index contributed by atoms with van der Waals surface area (Å²) in [7, 11) is 0. The Morgan fingerprint density at radius 3 is 2.57 bits per heavy atom. The number of nitrogens with two attached hydrogens (primary N) is 2. The third-order valence-electron chi connectivity index (χ3n) is 4.08. The van der Waals surface area contributed by atoms with Crippen molar-refractivity contribution in [3.8, 4) is 0 Å². The maximum absolute atomic E-state index is 12.8. The predicted octanol–water partition coefficient (Wildman–Crippen LogP) is 1.73. The molecule has 0 aromatic heterocycles. The summed E-state index contributed by atoms with van der Waals surface area (Å²) < 4.78 is 36.1. The highest BCUT2D eigenvalue weighted by Gasteiger charge is 2.36. The highest BCUT2D eigenvalue weighted by Crippen LogP contribution is 2.23. The second-order valence-electron chi connectivity index (χ2n) is 6.14. The molecule has 1 aromatic rings. The van der Waals surface area contributed by atoms with E-state index in [2.05, 4.69) is 15.3 Å². The molecule has 1 aromatic carbocycles. The van der Waals surface area contributed by atoms with Crippen LogP contribution in [0.4, 0.5) is 18.9 Å². The molecule has 0 radical (unpaired) electrons. The Morgan fingerprint density at radius 2 is 2.00 bits per heavy atom. The topological polar surface area (TPSA) is 126 Å².